The smallest absolute Gasteiger partial charge is 0.339 e. The number of hydrogen-bond acceptors (Lipinski definition) is 4. The van der Waals surface area contributed by atoms with Crippen LogP contribution in [0.1, 0.15) is 43.0 Å². The fourth-order valence-corrected chi connectivity index (χ4v) is 8.35. The van der Waals surface area contributed by atoms with Crippen molar-refractivity contribution in [2.45, 2.75) is 25.7 Å². The molecule has 4 nitrogen and oxygen atoms in total. The zero-order valence-electron chi connectivity index (χ0n) is 25.7. The number of esters is 2. The summed E-state index contributed by atoms with van der Waals surface area (Å²) >= 11 is 0. The average molecular weight is 599 g/mol. The third-order valence-electron chi connectivity index (χ3n) is 10.3. The molecule has 46 heavy (non-hydrogen) atoms. The summed E-state index contributed by atoms with van der Waals surface area (Å²) in [5, 5.41) is 9.56. The van der Waals surface area contributed by atoms with Crippen molar-refractivity contribution >= 4 is 55.0 Å². The van der Waals surface area contributed by atoms with E-state index in [0.717, 1.165) is 51.6 Å². The Labute approximate surface area is 266 Å². The summed E-state index contributed by atoms with van der Waals surface area (Å²) in [5.41, 5.74) is 9.27. The number of methoxy groups -OCH3 is 2. The predicted octanol–water partition coefficient (Wildman–Crippen LogP) is 9.40. The summed E-state index contributed by atoms with van der Waals surface area (Å²) < 4.78 is 10.8. The summed E-state index contributed by atoms with van der Waals surface area (Å²) in [5.74, 6) is -0.992. The normalized spacial score (nSPS) is 13.3. The summed E-state index contributed by atoms with van der Waals surface area (Å²) in [6.07, 6.45) is 2.76. The second-order valence-electron chi connectivity index (χ2n) is 12.4. The van der Waals surface area contributed by atoms with Crippen LogP contribution >= 0.6 is 0 Å². The zero-order chi connectivity index (χ0) is 31.1. The Kier molecular flexibility index (Phi) is 5.85. The molecule has 0 heterocycles. The molecule has 9 rings (SSSR count). The van der Waals surface area contributed by atoms with Gasteiger partial charge in [-0.3, -0.25) is 0 Å². The second kappa shape index (κ2) is 10.0. The van der Waals surface area contributed by atoms with Crippen LogP contribution in [-0.4, -0.2) is 26.2 Å². The van der Waals surface area contributed by atoms with Crippen LogP contribution in [0.4, 0.5) is 0 Å². The summed E-state index contributed by atoms with van der Waals surface area (Å²) in [7, 11) is 2.78. The minimum Gasteiger partial charge on any atom is -0.465 e. The first kappa shape index (κ1) is 26.9. The van der Waals surface area contributed by atoms with Crippen LogP contribution in [0.25, 0.3) is 65.3 Å². The molecule has 4 heteroatoms. The molecule has 0 bridgehead atoms. The topological polar surface area (TPSA) is 52.6 Å². The number of rotatable bonds is 2. The van der Waals surface area contributed by atoms with Gasteiger partial charge < -0.3 is 9.47 Å². The molecule has 0 unspecified atom stereocenters. The molecular weight excluding hydrogens is 568 g/mol. The highest BCUT2D eigenvalue weighted by molar-refractivity contribution is 6.31. The van der Waals surface area contributed by atoms with Gasteiger partial charge in [-0.05, 0) is 113 Å². The van der Waals surface area contributed by atoms with Crippen molar-refractivity contribution in [1.29, 1.82) is 0 Å². The molecule has 7 aromatic rings. The SMILES string of the molecule is COC(=O)c1c2c(c3c(c1C(=O)OC)CCc1ccc4ccc5ccc6ccc7ccccc7c6c5c4c1-3)-c1ccccc1CC2. The second-order valence-corrected chi connectivity index (χ2v) is 12.4. The summed E-state index contributed by atoms with van der Waals surface area (Å²) in [6, 6.07) is 34.9. The highest BCUT2D eigenvalue weighted by atomic mass is 16.5. The first-order valence-electron chi connectivity index (χ1n) is 15.8. The van der Waals surface area contributed by atoms with E-state index in [1.807, 2.05) is 0 Å². The standard InChI is InChI=1S/C42H30O4/c1-45-41(43)39-31-21-19-24-8-4-6-10-30(24)37(31)38-32(40(39)42(44)46-2)22-20-28-18-17-27-16-15-26-14-13-25-12-11-23-7-3-5-9-29(23)33(25)34(26)35(27)36(28)38/h3-18H,19-22H2,1-2H3. The molecule has 0 aliphatic heterocycles. The monoisotopic (exact) mass is 598 g/mol. The van der Waals surface area contributed by atoms with E-state index in [-0.39, 0.29) is 0 Å². The molecule has 7 aromatic carbocycles. The molecule has 0 aromatic heterocycles. The maximum atomic E-state index is 13.7. The van der Waals surface area contributed by atoms with Gasteiger partial charge >= 0.3 is 11.9 Å². The molecule has 222 valence electrons. The minimum absolute atomic E-state index is 0.348. The molecule has 0 atom stereocenters. The van der Waals surface area contributed by atoms with Gasteiger partial charge in [0.25, 0.3) is 0 Å². The molecule has 0 saturated heterocycles. The quantitative estimate of drug-likeness (QED) is 0.147. The van der Waals surface area contributed by atoms with E-state index < -0.39 is 11.9 Å². The number of benzene rings is 7. The maximum Gasteiger partial charge on any atom is 0.339 e. The van der Waals surface area contributed by atoms with Gasteiger partial charge in [0.15, 0.2) is 0 Å². The van der Waals surface area contributed by atoms with Crippen LogP contribution in [0.15, 0.2) is 97.1 Å². The number of fused-ring (bicyclic) bond motifs is 15. The lowest BCUT2D eigenvalue weighted by Crippen LogP contribution is -2.23. The highest BCUT2D eigenvalue weighted by Gasteiger charge is 2.37. The van der Waals surface area contributed by atoms with E-state index in [9.17, 15) is 9.59 Å². The van der Waals surface area contributed by atoms with Crippen molar-refractivity contribution in [2.24, 2.45) is 0 Å². The summed E-state index contributed by atoms with van der Waals surface area (Å²) in [4.78, 5) is 27.3. The zero-order valence-corrected chi connectivity index (χ0v) is 25.7. The van der Waals surface area contributed by atoms with Crippen LogP contribution in [0.3, 0.4) is 0 Å². The Hall–Kier alpha value is -5.48. The Morgan fingerprint density at radius 2 is 1.02 bits per heavy atom. The lowest BCUT2D eigenvalue weighted by Gasteiger charge is -2.33. The van der Waals surface area contributed by atoms with Crippen LogP contribution in [0.2, 0.25) is 0 Å². The Balaban J connectivity index is 1.55. The molecule has 0 N–H and O–H groups in total. The van der Waals surface area contributed by atoms with Crippen molar-refractivity contribution < 1.29 is 19.1 Å². The predicted molar refractivity (Wildman–Crippen MR) is 185 cm³/mol. The molecule has 0 amide bonds. The number of ether oxygens (including phenoxy) is 2. The molecule has 0 spiro atoms. The first-order valence-corrected chi connectivity index (χ1v) is 15.8. The van der Waals surface area contributed by atoms with Gasteiger partial charge in [0.1, 0.15) is 0 Å². The number of carbonyl (C=O) groups excluding carboxylic acids is 2. The largest absolute Gasteiger partial charge is 0.465 e. The molecular formula is C42H30O4. The van der Waals surface area contributed by atoms with Gasteiger partial charge in [0.05, 0.1) is 25.3 Å². The highest BCUT2D eigenvalue weighted by Crippen LogP contribution is 2.52. The van der Waals surface area contributed by atoms with Crippen LogP contribution < -0.4 is 0 Å². The van der Waals surface area contributed by atoms with E-state index in [2.05, 4.69) is 97.1 Å². The minimum atomic E-state index is -0.497. The van der Waals surface area contributed by atoms with Gasteiger partial charge in [0, 0.05) is 0 Å². The van der Waals surface area contributed by atoms with E-state index in [1.54, 1.807) is 0 Å². The van der Waals surface area contributed by atoms with Crippen molar-refractivity contribution in [2.75, 3.05) is 14.2 Å². The number of carbonyl (C=O) groups is 2. The molecule has 2 aliphatic rings. The third kappa shape index (κ3) is 3.61. The van der Waals surface area contributed by atoms with E-state index in [1.165, 1.54) is 63.1 Å². The van der Waals surface area contributed by atoms with Crippen LogP contribution in [0.5, 0.6) is 0 Å². The van der Waals surface area contributed by atoms with E-state index in [4.69, 9.17) is 9.47 Å². The Morgan fingerprint density at radius 1 is 0.478 bits per heavy atom. The van der Waals surface area contributed by atoms with Crippen molar-refractivity contribution in [3.8, 4) is 22.3 Å². The van der Waals surface area contributed by atoms with E-state index >= 15 is 0 Å². The first-order chi connectivity index (χ1) is 22.6. The number of aryl methyl sites for hydroxylation is 2. The van der Waals surface area contributed by atoms with Crippen molar-refractivity contribution in [3.63, 3.8) is 0 Å². The molecule has 0 saturated carbocycles. The van der Waals surface area contributed by atoms with Gasteiger partial charge in [-0.2, -0.15) is 0 Å². The lowest BCUT2D eigenvalue weighted by molar-refractivity contribution is 0.0553. The van der Waals surface area contributed by atoms with E-state index in [0.29, 0.717) is 24.0 Å². The fourth-order valence-electron chi connectivity index (χ4n) is 8.35. The lowest BCUT2D eigenvalue weighted by atomic mass is 9.70. The Bertz CT molecular complexity index is 2480. The average Bonchev–Trinajstić information content (AvgIpc) is 3.12. The molecule has 0 radical (unpaired) electrons. The van der Waals surface area contributed by atoms with Gasteiger partial charge in [-0.15, -0.1) is 0 Å². The van der Waals surface area contributed by atoms with Crippen molar-refractivity contribution in [1.82, 2.24) is 0 Å². The third-order valence-corrected chi connectivity index (χ3v) is 10.3. The maximum absolute atomic E-state index is 13.7. The number of hydrogen-bond donors (Lipinski definition) is 0. The van der Waals surface area contributed by atoms with Crippen LogP contribution in [0, 0.1) is 0 Å². The molecule has 2 aliphatic carbocycles. The molecule has 0 fully saturated rings. The summed E-state index contributed by atoms with van der Waals surface area (Å²) in [6.45, 7) is 0. The van der Waals surface area contributed by atoms with Gasteiger partial charge in [-0.25, -0.2) is 9.59 Å². The van der Waals surface area contributed by atoms with Gasteiger partial charge in [-0.1, -0.05) is 97.1 Å². The Morgan fingerprint density at radius 3 is 1.74 bits per heavy atom. The van der Waals surface area contributed by atoms with Gasteiger partial charge in [0.2, 0.25) is 0 Å². The fraction of sp³-hybridized carbons (Fsp3) is 0.143. The van der Waals surface area contributed by atoms with Crippen LogP contribution in [-0.2, 0) is 35.2 Å². The van der Waals surface area contributed by atoms with Crippen molar-refractivity contribution in [3.05, 3.63) is 130 Å².